The van der Waals surface area contributed by atoms with E-state index in [4.69, 9.17) is 55.7 Å². The first-order chi connectivity index (χ1) is 18.0. The highest BCUT2D eigenvalue weighted by Gasteiger charge is 2.44. The molecule has 11 nitrogen and oxygen atoms in total. The maximum absolute atomic E-state index is 6.49. The molecule has 2 aliphatic heterocycles. The molecule has 2 bridgehead atoms. The van der Waals surface area contributed by atoms with Crippen molar-refractivity contribution in [3.8, 4) is 28.5 Å². The molecule has 0 spiro atoms. The van der Waals surface area contributed by atoms with E-state index >= 15 is 0 Å². The number of hydrazone groups is 1. The lowest BCUT2D eigenvalue weighted by Gasteiger charge is -2.28. The van der Waals surface area contributed by atoms with E-state index < -0.39 is 6.29 Å². The van der Waals surface area contributed by atoms with E-state index in [1.54, 1.807) is 9.36 Å². The number of benzene rings is 2. The summed E-state index contributed by atoms with van der Waals surface area (Å²) < 4.78 is 16.8. The molecule has 3 atom stereocenters. The van der Waals surface area contributed by atoms with Gasteiger partial charge in [0.2, 0.25) is 4.77 Å². The summed E-state index contributed by atoms with van der Waals surface area (Å²) in [7, 11) is 0. The van der Waals surface area contributed by atoms with Gasteiger partial charge in [0.1, 0.15) is 6.10 Å². The van der Waals surface area contributed by atoms with Crippen molar-refractivity contribution in [2.45, 2.75) is 24.9 Å². The summed E-state index contributed by atoms with van der Waals surface area (Å²) in [4.78, 5) is 0. The summed E-state index contributed by atoms with van der Waals surface area (Å²) in [5, 5.41) is 14.0. The number of nitrogens with two attached hydrogens (primary N) is 2. The van der Waals surface area contributed by atoms with Gasteiger partial charge >= 0.3 is 0 Å². The van der Waals surface area contributed by atoms with Crippen LogP contribution in [0.5, 0.6) is 0 Å². The van der Waals surface area contributed by atoms with Gasteiger partial charge in [0, 0.05) is 17.5 Å². The molecule has 6 rings (SSSR count). The summed E-state index contributed by atoms with van der Waals surface area (Å²) in [5.74, 6) is 6.85. The first kappa shape index (κ1) is 23.5. The molecule has 4 heterocycles. The van der Waals surface area contributed by atoms with Crippen molar-refractivity contribution in [2.75, 3.05) is 12.4 Å². The lowest BCUT2D eigenvalue weighted by Crippen LogP contribution is -2.39. The summed E-state index contributed by atoms with van der Waals surface area (Å²) in [6.07, 6.45) is -0.370. The predicted octanol–water partition coefficient (Wildman–Crippen LogP) is 2.52. The molecule has 13 heteroatoms. The second-order valence-corrected chi connectivity index (χ2v) is 9.45. The van der Waals surface area contributed by atoms with Crippen LogP contribution in [0.1, 0.15) is 12.5 Å². The Labute approximate surface area is 222 Å². The smallest absolute Gasteiger partial charge is 0.270 e. The van der Waals surface area contributed by atoms with Gasteiger partial charge in [-0.2, -0.15) is 19.6 Å². The molecular weight excluding hydrogens is 510 g/mol. The van der Waals surface area contributed by atoms with Gasteiger partial charge in [-0.1, -0.05) is 60.7 Å². The Morgan fingerprint density at radius 3 is 2.46 bits per heavy atom. The molecule has 2 fully saturated rings. The van der Waals surface area contributed by atoms with Gasteiger partial charge in [0.15, 0.2) is 11.4 Å². The van der Waals surface area contributed by atoms with Crippen molar-refractivity contribution in [2.24, 2.45) is 10.8 Å². The maximum atomic E-state index is 6.49. The zero-order chi connectivity index (χ0) is 25.5. The van der Waals surface area contributed by atoms with Gasteiger partial charge in [-0.3, -0.25) is 5.43 Å². The third-order valence-electron chi connectivity index (χ3n) is 6.31. The Bertz CT molecular complexity index is 1550. The molecule has 0 radical (unpaired) electrons. The van der Waals surface area contributed by atoms with Crippen LogP contribution in [0.4, 0.5) is 0 Å². The van der Waals surface area contributed by atoms with Crippen molar-refractivity contribution in [3.63, 3.8) is 0 Å². The number of aromatic nitrogens is 5. The molecular formula is C24H23N9O2S2. The molecule has 0 saturated carbocycles. The molecule has 2 saturated heterocycles. The Morgan fingerprint density at radius 1 is 1.05 bits per heavy atom. The molecule has 37 heavy (non-hydrogen) atoms. The molecule has 2 aromatic carbocycles. The van der Waals surface area contributed by atoms with Crippen LogP contribution in [0.15, 0.2) is 71.8 Å². The average Bonchev–Trinajstić information content (AvgIpc) is 3.62. The van der Waals surface area contributed by atoms with Gasteiger partial charge in [-0.25, -0.2) is 4.68 Å². The summed E-state index contributed by atoms with van der Waals surface area (Å²) in [6.45, 7) is 0.366. The summed E-state index contributed by atoms with van der Waals surface area (Å²) >= 11 is 10.6. The lowest BCUT2D eigenvalue weighted by atomic mass is 10.0. The van der Waals surface area contributed by atoms with E-state index in [1.165, 1.54) is 4.68 Å². The van der Waals surface area contributed by atoms with Gasteiger partial charge in [0.05, 0.1) is 29.7 Å². The standard InChI is InChI=1S/C24H23N9O2S2/c25-22(36)28-27-17-12-19(20-13-34-21(17)35-20)33-24(37)31(26)23(30-33)32-18(15-9-5-2-6-10-15)11-16(29-32)14-7-3-1-4-8-14/h1-11,19-21H,12-13,26H2,(H3,25,28,36)/t19-,20+,21+/m1/s1. The Kier molecular flexibility index (Phi) is 6.04. The topological polar surface area (TPSA) is 135 Å². The SMILES string of the molecule is NC(=S)NN=C1C[C@@H](n2nc(-n3nc(-c4ccccc4)cc3-c3ccccc3)n(N)c2=S)[C@@H]2CO[C@H]1O2. The molecule has 2 aliphatic rings. The first-order valence-electron chi connectivity index (χ1n) is 11.6. The number of rotatable bonds is 5. The van der Waals surface area contributed by atoms with Crippen LogP contribution < -0.4 is 17.0 Å². The summed E-state index contributed by atoms with van der Waals surface area (Å²) in [6, 6.07) is 21.6. The molecule has 0 unspecified atom stereocenters. The van der Waals surface area contributed by atoms with Gasteiger partial charge in [-0.05, 0) is 30.5 Å². The first-order valence-corrected chi connectivity index (χ1v) is 12.4. The minimum Gasteiger partial charge on any atom is -0.375 e. The molecule has 5 N–H and O–H groups in total. The largest absolute Gasteiger partial charge is 0.375 e. The number of fused-ring (bicyclic) bond motifs is 2. The van der Waals surface area contributed by atoms with Crippen LogP contribution in [0.25, 0.3) is 28.5 Å². The number of thiocarbonyl (C=S) groups is 1. The van der Waals surface area contributed by atoms with Crippen molar-refractivity contribution in [1.82, 2.24) is 29.7 Å². The molecule has 4 aromatic rings. The maximum Gasteiger partial charge on any atom is 0.270 e. The van der Waals surface area contributed by atoms with Crippen LogP contribution in [0.2, 0.25) is 0 Å². The zero-order valence-electron chi connectivity index (χ0n) is 19.5. The highest BCUT2D eigenvalue weighted by atomic mass is 32.1. The van der Waals surface area contributed by atoms with E-state index in [9.17, 15) is 0 Å². The monoisotopic (exact) mass is 533 g/mol. The van der Waals surface area contributed by atoms with E-state index in [0.29, 0.717) is 29.5 Å². The second kappa shape index (κ2) is 9.52. The minimum absolute atomic E-state index is 0.0515. The lowest BCUT2D eigenvalue weighted by molar-refractivity contribution is -0.0323. The Balaban J connectivity index is 1.44. The highest BCUT2D eigenvalue weighted by Crippen LogP contribution is 2.34. The van der Waals surface area contributed by atoms with Crippen molar-refractivity contribution in [3.05, 3.63) is 71.5 Å². The zero-order valence-corrected chi connectivity index (χ0v) is 21.1. The molecule has 0 amide bonds. The van der Waals surface area contributed by atoms with Gasteiger partial charge < -0.3 is 21.1 Å². The number of ether oxygens (including phenoxy) is 2. The normalized spacial score (nSPS) is 21.8. The van der Waals surface area contributed by atoms with Crippen LogP contribution in [-0.4, -0.2) is 54.1 Å². The third kappa shape index (κ3) is 4.31. The molecule has 0 aliphatic carbocycles. The van der Waals surface area contributed by atoms with E-state index in [1.807, 2.05) is 66.7 Å². The van der Waals surface area contributed by atoms with Crippen LogP contribution in [0, 0.1) is 4.77 Å². The van der Waals surface area contributed by atoms with Crippen LogP contribution in [0.3, 0.4) is 0 Å². The highest BCUT2D eigenvalue weighted by molar-refractivity contribution is 7.80. The predicted molar refractivity (Wildman–Crippen MR) is 145 cm³/mol. The summed E-state index contributed by atoms with van der Waals surface area (Å²) in [5.41, 5.74) is 12.3. The van der Waals surface area contributed by atoms with Crippen molar-refractivity contribution < 1.29 is 9.47 Å². The average molecular weight is 534 g/mol. The van der Waals surface area contributed by atoms with E-state index in [2.05, 4.69) is 10.5 Å². The van der Waals surface area contributed by atoms with E-state index in [-0.39, 0.29) is 17.3 Å². The van der Waals surface area contributed by atoms with Crippen molar-refractivity contribution in [1.29, 1.82) is 0 Å². The number of hydrogen-bond donors (Lipinski definition) is 3. The fraction of sp³-hybridized carbons (Fsp3) is 0.208. The van der Waals surface area contributed by atoms with Gasteiger partial charge in [0.25, 0.3) is 5.95 Å². The molecule has 2 aromatic heterocycles. The fourth-order valence-electron chi connectivity index (χ4n) is 4.55. The van der Waals surface area contributed by atoms with E-state index in [0.717, 1.165) is 22.5 Å². The Hall–Kier alpha value is -3.91. The van der Waals surface area contributed by atoms with Crippen LogP contribution in [-0.2, 0) is 9.47 Å². The number of nitrogens with zero attached hydrogens (tertiary/aromatic N) is 6. The number of nitrogens with one attached hydrogen (secondary N) is 1. The quantitative estimate of drug-likeness (QED) is 0.201. The molecule has 188 valence electrons. The Morgan fingerprint density at radius 2 is 1.76 bits per heavy atom. The second-order valence-electron chi connectivity index (χ2n) is 8.65. The third-order valence-corrected chi connectivity index (χ3v) is 6.78. The minimum atomic E-state index is -0.569. The fourth-order valence-corrected chi connectivity index (χ4v) is 4.85. The number of nitrogen functional groups attached to an aromatic ring is 1. The van der Waals surface area contributed by atoms with Gasteiger partial charge in [-0.15, -0.1) is 5.10 Å². The van der Waals surface area contributed by atoms with Crippen molar-refractivity contribution >= 4 is 35.3 Å². The van der Waals surface area contributed by atoms with Crippen LogP contribution >= 0.6 is 24.4 Å². The number of hydrogen-bond acceptors (Lipinski definition) is 8.